The van der Waals surface area contributed by atoms with Gasteiger partial charge in [-0.25, -0.2) is 0 Å². The minimum Gasteiger partial charge on any atom is -0.299 e. The fourth-order valence-corrected chi connectivity index (χ4v) is 2.11. The molecule has 3 nitrogen and oxygen atoms in total. The Kier molecular flexibility index (Phi) is 3.53. The molecular weight excluding hydrogens is 198 g/mol. The van der Waals surface area contributed by atoms with Crippen LogP contribution >= 0.6 is 0 Å². The number of nitriles is 1. The molecule has 0 spiro atoms. The van der Waals surface area contributed by atoms with Crippen LogP contribution in [0, 0.1) is 17.2 Å². The number of likely N-dealkylation sites (tertiary alicyclic amines) is 1. The lowest BCUT2D eigenvalue weighted by molar-refractivity contribution is 0.185. The largest absolute Gasteiger partial charge is 0.299 e. The molecule has 0 unspecified atom stereocenters. The average molecular weight is 215 g/mol. The molecule has 0 atom stereocenters. The van der Waals surface area contributed by atoms with E-state index in [1.165, 1.54) is 12.8 Å². The molecule has 1 aliphatic rings. The quantitative estimate of drug-likeness (QED) is 0.759. The van der Waals surface area contributed by atoms with Crippen LogP contribution in [-0.2, 0) is 6.54 Å². The van der Waals surface area contributed by atoms with E-state index in [-0.39, 0.29) is 0 Å². The van der Waals surface area contributed by atoms with Crippen LogP contribution in [-0.4, -0.2) is 23.0 Å². The van der Waals surface area contributed by atoms with Crippen LogP contribution in [0.3, 0.4) is 0 Å². The summed E-state index contributed by atoms with van der Waals surface area (Å²) in [7, 11) is 0. The first-order chi connectivity index (χ1) is 7.78. The Labute approximate surface area is 96.7 Å². The molecule has 1 aromatic heterocycles. The molecule has 2 rings (SSSR count). The van der Waals surface area contributed by atoms with Gasteiger partial charge in [-0.2, -0.15) is 5.26 Å². The number of nitrogens with zero attached hydrogens (tertiary/aromatic N) is 3. The molecule has 1 aromatic rings. The topological polar surface area (TPSA) is 39.9 Å². The monoisotopic (exact) mass is 215 g/mol. The maximum absolute atomic E-state index is 8.80. The zero-order valence-electron chi connectivity index (χ0n) is 9.69. The summed E-state index contributed by atoms with van der Waals surface area (Å²) in [4.78, 5) is 6.53. The van der Waals surface area contributed by atoms with E-state index in [4.69, 9.17) is 5.26 Å². The van der Waals surface area contributed by atoms with E-state index in [0.29, 0.717) is 5.56 Å². The van der Waals surface area contributed by atoms with Gasteiger partial charge in [0.05, 0.1) is 5.56 Å². The summed E-state index contributed by atoms with van der Waals surface area (Å²) >= 11 is 0. The van der Waals surface area contributed by atoms with Crippen LogP contribution in [0.1, 0.15) is 30.9 Å². The molecule has 16 heavy (non-hydrogen) atoms. The summed E-state index contributed by atoms with van der Waals surface area (Å²) in [6.45, 7) is 5.57. The van der Waals surface area contributed by atoms with E-state index in [1.54, 1.807) is 6.20 Å². The number of rotatable bonds is 2. The Balaban J connectivity index is 1.96. The van der Waals surface area contributed by atoms with Gasteiger partial charge in [-0.1, -0.05) is 6.92 Å². The Morgan fingerprint density at radius 3 is 2.88 bits per heavy atom. The van der Waals surface area contributed by atoms with Crippen molar-refractivity contribution in [2.45, 2.75) is 26.3 Å². The Hall–Kier alpha value is -1.40. The average Bonchev–Trinajstić information content (AvgIpc) is 2.32. The van der Waals surface area contributed by atoms with Crippen molar-refractivity contribution >= 4 is 0 Å². The molecule has 2 heterocycles. The lowest BCUT2D eigenvalue weighted by Gasteiger charge is -2.30. The van der Waals surface area contributed by atoms with Crippen molar-refractivity contribution in [1.29, 1.82) is 5.26 Å². The molecule has 0 aromatic carbocycles. The van der Waals surface area contributed by atoms with Crippen molar-refractivity contribution in [3.63, 3.8) is 0 Å². The van der Waals surface area contributed by atoms with Crippen molar-refractivity contribution in [2.75, 3.05) is 13.1 Å². The number of piperidine rings is 1. The van der Waals surface area contributed by atoms with Crippen LogP contribution in [0.25, 0.3) is 0 Å². The first-order valence-corrected chi connectivity index (χ1v) is 5.84. The summed E-state index contributed by atoms with van der Waals surface area (Å²) in [5.41, 5.74) is 1.80. The third kappa shape index (κ3) is 2.80. The van der Waals surface area contributed by atoms with E-state index in [0.717, 1.165) is 31.1 Å². The highest BCUT2D eigenvalue weighted by atomic mass is 15.1. The van der Waals surface area contributed by atoms with Gasteiger partial charge < -0.3 is 0 Å². The predicted molar refractivity (Wildman–Crippen MR) is 62.6 cm³/mol. The molecule has 1 saturated heterocycles. The smallest absolute Gasteiger partial charge is 0.101 e. The van der Waals surface area contributed by atoms with E-state index >= 15 is 0 Å². The van der Waals surface area contributed by atoms with Gasteiger partial charge in [-0.05, 0) is 43.5 Å². The number of hydrogen-bond acceptors (Lipinski definition) is 3. The normalized spacial score (nSPS) is 18.2. The maximum atomic E-state index is 8.80. The minimum absolute atomic E-state index is 0.655. The van der Waals surface area contributed by atoms with E-state index in [1.807, 2.05) is 12.3 Å². The van der Waals surface area contributed by atoms with E-state index < -0.39 is 0 Å². The molecule has 1 fully saturated rings. The van der Waals surface area contributed by atoms with Crippen LogP contribution in [0.2, 0.25) is 0 Å². The third-order valence-corrected chi connectivity index (χ3v) is 3.21. The third-order valence-electron chi connectivity index (χ3n) is 3.21. The van der Waals surface area contributed by atoms with Gasteiger partial charge in [0.25, 0.3) is 0 Å². The SMILES string of the molecule is CC1CCN(Cc2cncc(C#N)c2)CC1. The second kappa shape index (κ2) is 5.09. The van der Waals surface area contributed by atoms with Gasteiger partial charge >= 0.3 is 0 Å². The Morgan fingerprint density at radius 2 is 2.19 bits per heavy atom. The molecule has 0 radical (unpaired) electrons. The molecule has 84 valence electrons. The lowest BCUT2D eigenvalue weighted by Crippen LogP contribution is -2.32. The van der Waals surface area contributed by atoms with Gasteiger partial charge in [-0.3, -0.25) is 9.88 Å². The molecule has 0 N–H and O–H groups in total. The summed E-state index contributed by atoms with van der Waals surface area (Å²) in [5, 5.41) is 8.80. The van der Waals surface area contributed by atoms with E-state index in [9.17, 15) is 0 Å². The zero-order valence-corrected chi connectivity index (χ0v) is 9.69. The number of hydrogen-bond donors (Lipinski definition) is 0. The summed E-state index contributed by atoms with van der Waals surface area (Å²) in [5.74, 6) is 0.861. The van der Waals surface area contributed by atoms with Crippen LogP contribution in [0.15, 0.2) is 18.5 Å². The molecule has 0 bridgehead atoms. The highest BCUT2D eigenvalue weighted by Gasteiger charge is 2.15. The Bertz CT molecular complexity index is 386. The summed E-state index contributed by atoms with van der Waals surface area (Å²) < 4.78 is 0. The van der Waals surface area contributed by atoms with Gasteiger partial charge in [0, 0.05) is 18.9 Å². The minimum atomic E-state index is 0.655. The molecule has 0 amide bonds. The van der Waals surface area contributed by atoms with Crippen molar-refractivity contribution in [3.05, 3.63) is 29.6 Å². The van der Waals surface area contributed by atoms with Crippen molar-refractivity contribution in [2.24, 2.45) is 5.92 Å². The van der Waals surface area contributed by atoms with Gasteiger partial charge in [0.15, 0.2) is 0 Å². The van der Waals surface area contributed by atoms with Gasteiger partial charge in [-0.15, -0.1) is 0 Å². The maximum Gasteiger partial charge on any atom is 0.101 e. The fraction of sp³-hybridized carbons (Fsp3) is 0.538. The number of aromatic nitrogens is 1. The molecule has 0 aliphatic carbocycles. The standard InChI is InChI=1S/C13H17N3/c1-11-2-4-16(5-3-11)10-13-6-12(7-14)8-15-9-13/h6,8-9,11H,2-5,10H2,1H3. The fourth-order valence-electron chi connectivity index (χ4n) is 2.11. The van der Waals surface area contributed by atoms with Gasteiger partial charge in [0.1, 0.15) is 6.07 Å². The zero-order chi connectivity index (χ0) is 11.4. The van der Waals surface area contributed by atoms with Gasteiger partial charge in [0.2, 0.25) is 0 Å². The predicted octanol–water partition coefficient (Wildman–Crippen LogP) is 2.19. The first kappa shape index (κ1) is 11.1. The van der Waals surface area contributed by atoms with Crippen LogP contribution in [0.5, 0.6) is 0 Å². The van der Waals surface area contributed by atoms with Crippen LogP contribution < -0.4 is 0 Å². The molecule has 0 saturated carbocycles. The van der Waals surface area contributed by atoms with Crippen LogP contribution in [0.4, 0.5) is 0 Å². The summed E-state index contributed by atoms with van der Waals surface area (Å²) in [6.07, 6.45) is 6.04. The molecule has 1 aliphatic heterocycles. The molecular formula is C13H17N3. The van der Waals surface area contributed by atoms with E-state index in [2.05, 4.69) is 22.9 Å². The number of pyridine rings is 1. The Morgan fingerprint density at radius 1 is 1.44 bits per heavy atom. The second-order valence-electron chi connectivity index (χ2n) is 4.65. The van der Waals surface area contributed by atoms with Crippen molar-refractivity contribution in [3.8, 4) is 6.07 Å². The highest BCUT2D eigenvalue weighted by molar-refractivity contribution is 5.28. The van der Waals surface area contributed by atoms with Crippen molar-refractivity contribution < 1.29 is 0 Å². The first-order valence-electron chi connectivity index (χ1n) is 5.84. The highest BCUT2D eigenvalue weighted by Crippen LogP contribution is 2.17. The lowest BCUT2D eigenvalue weighted by atomic mass is 9.99. The van der Waals surface area contributed by atoms with Crippen molar-refractivity contribution in [1.82, 2.24) is 9.88 Å². The summed E-state index contributed by atoms with van der Waals surface area (Å²) in [6, 6.07) is 4.07. The second-order valence-corrected chi connectivity index (χ2v) is 4.65. The molecule has 3 heteroatoms.